The molecule has 0 radical (unpaired) electrons. The number of fused-ring (bicyclic) bond motifs is 5. The number of hydrogen-bond acceptors (Lipinski definition) is 3. The minimum atomic E-state index is -0.664. The molecular formula is C30H50O3. The maximum absolute atomic E-state index is 12.9. The zero-order chi connectivity index (χ0) is 24.6. The molecule has 0 amide bonds. The first kappa shape index (κ1) is 25.4. The van der Waals surface area contributed by atoms with E-state index >= 15 is 0 Å². The molecule has 0 saturated heterocycles. The predicted octanol–water partition coefficient (Wildman–Crippen LogP) is 6.71. The van der Waals surface area contributed by atoms with Crippen LogP contribution in [0.25, 0.3) is 0 Å². The Balaban J connectivity index is 1.67. The zero-order valence-corrected chi connectivity index (χ0v) is 22.6. The molecule has 4 rings (SSSR count). The highest BCUT2D eigenvalue weighted by Crippen LogP contribution is 2.75. The van der Waals surface area contributed by atoms with E-state index < -0.39 is 5.60 Å². The van der Waals surface area contributed by atoms with E-state index in [-0.39, 0.29) is 33.7 Å². The molecule has 0 aromatic carbocycles. The Morgan fingerprint density at radius 1 is 1.06 bits per heavy atom. The number of hydrogen-bond donors (Lipinski definition) is 2. The molecule has 4 aliphatic rings. The van der Waals surface area contributed by atoms with Crippen molar-refractivity contribution < 1.29 is 15.0 Å². The lowest BCUT2D eigenvalue weighted by atomic mass is 9.35. The van der Waals surface area contributed by atoms with Crippen molar-refractivity contribution in [2.45, 2.75) is 125 Å². The molecule has 4 aliphatic carbocycles. The van der Waals surface area contributed by atoms with Gasteiger partial charge in [-0.1, -0.05) is 46.3 Å². The topological polar surface area (TPSA) is 57.5 Å². The van der Waals surface area contributed by atoms with Gasteiger partial charge in [-0.25, -0.2) is 0 Å². The van der Waals surface area contributed by atoms with Crippen molar-refractivity contribution in [2.24, 2.45) is 45.3 Å². The van der Waals surface area contributed by atoms with Crippen molar-refractivity contribution in [3.63, 3.8) is 0 Å². The van der Waals surface area contributed by atoms with Crippen LogP contribution in [0.1, 0.15) is 113 Å². The summed E-state index contributed by atoms with van der Waals surface area (Å²) in [5, 5.41) is 23.5. The maximum Gasteiger partial charge on any atom is 0.138 e. The van der Waals surface area contributed by atoms with Crippen molar-refractivity contribution in [1.82, 2.24) is 0 Å². The molecule has 188 valence electrons. The molecule has 4 fully saturated rings. The number of carbonyl (C=O) groups is 1. The molecule has 2 N–H and O–H groups in total. The second-order valence-corrected chi connectivity index (χ2v) is 14.2. The molecule has 3 heteroatoms. The predicted molar refractivity (Wildman–Crippen MR) is 135 cm³/mol. The Labute approximate surface area is 202 Å². The van der Waals surface area contributed by atoms with Gasteiger partial charge in [0.1, 0.15) is 5.78 Å². The first-order valence-corrected chi connectivity index (χ1v) is 13.7. The third kappa shape index (κ3) is 3.45. The number of carbonyl (C=O) groups excluding carboxylic acids is 1. The molecule has 0 aliphatic heterocycles. The summed E-state index contributed by atoms with van der Waals surface area (Å²) < 4.78 is 0. The Hall–Kier alpha value is -0.670. The van der Waals surface area contributed by atoms with Gasteiger partial charge in [-0.3, -0.25) is 4.79 Å². The lowest BCUT2D eigenvalue weighted by Crippen LogP contribution is -2.68. The SMILES string of the molecule is CC(C)=CCC[C@](C)(O)[C@H]1CC[C@]2(C)[C@@H]1CC[C@@H]1[C@@]3(C)CCC(=O)C(C)(C)[C@@H]3C[C@H](O)[C@]12C. The van der Waals surface area contributed by atoms with Gasteiger partial charge in [-0.15, -0.1) is 0 Å². The quantitative estimate of drug-likeness (QED) is 0.460. The fourth-order valence-corrected chi connectivity index (χ4v) is 10.1. The smallest absolute Gasteiger partial charge is 0.138 e. The van der Waals surface area contributed by atoms with Crippen LogP contribution in [0.2, 0.25) is 0 Å². The van der Waals surface area contributed by atoms with Crippen LogP contribution in [0.15, 0.2) is 11.6 Å². The van der Waals surface area contributed by atoms with Crippen molar-refractivity contribution in [3.8, 4) is 0 Å². The van der Waals surface area contributed by atoms with Crippen LogP contribution >= 0.6 is 0 Å². The summed E-state index contributed by atoms with van der Waals surface area (Å²) in [4.78, 5) is 12.9. The van der Waals surface area contributed by atoms with Crippen LogP contribution in [0.5, 0.6) is 0 Å². The van der Waals surface area contributed by atoms with Gasteiger partial charge in [0.2, 0.25) is 0 Å². The summed E-state index contributed by atoms with van der Waals surface area (Å²) in [5.41, 5.74) is 0.270. The number of Topliss-reactive ketones (excluding diaryl/α,β-unsaturated/α-hetero) is 1. The highest BCUT2D eigenvalue weighted by molar-refractivity contribution is 5.85. The molecule has 4 saturated carbocycles. The lowest BCUT2D eigenvalue weighted by molar-refractivity contribution is -0.249. The molecule has 0 heterocycles. The van der Waals surface area contributed by atoms with E-state index in [1.165, 1.54) is 5.57 Å². The second kappa shape index (κ2) is 7.92. The van der Waals surface area contributed by atoms with Gasteiger partial charge in [-0.2, -0.15) is 0 Å². The molecule has 3 nitrogen and oxygen atoms in total. The van der Waals surface area contributed by atoms with Gasteiger partial charge in [0.05, 0.1) is 11.7 Å². The number of ketones is 1. The molecule has 0 aromatic heterocycles. The third-order valence-electron chi connectivity index (χ3n) is 12.2. The monoisotopic (exact) mass is 458 g/mol. The lowest BCUT2D eigenvalue weighted by Gasteiger charge is -2.70. The maximum atomic E-state index is 12.9. The number of rotatable bonds is 4. The van der Waals surface area contributed by atoms with E-state index in [9.17, 15) is 15.0 Å². The van der Waals surface area contributed by atoms with Crippen molar-refractivity contribution in [1.29, 1.82) is 0 Å². The van der Waals surface area contributed by atoms with E-state index in [1.807, 2.05) is 0 Å². The molecule has 0 unspecified atom stereocenters. The highest BCUT2D eigenvalue weighted by Gasteiger charge is 2.72. The van der Waals surface area contributed by atoms with Gasteiger partial charge >= 0.3 is 0 Å². The summed E-state index contributed by atoms with van der Waals surface area (Å²) in [5.74, 6) is 1.82. The van der Waals surface area contributed by atoms with Crippen molar-refractivity contribution in [2.75, 3.05) is 0 Å². The summed E-state index contributed by atoms with van der Waals surface area (Å²) >= 11 is 0. The third-order valence-corrected chi connectivity index (χ3v) is 12.2. The zero-order valence-electron chi connectivity index (χ0n) is 22.6. The second-order valence-electron chi connectivity index (χ2n) is 14.2. The van der Waals surface area contributed by atoms with Crippen LogP contribution in [-0.2, 0) is 4.79 Å². The van der Waals surface area contributed by atoms with E-state index in [4.69, 9.17) is 0 Å². The Morgan fingerprint density at radius 2 is 1.73 bits per heavy atom. The number of aliphatic hydroxyl groups excluding tert-OH is 1. The summed E-state index contributed by atoms with van der Waals surface area (Å²) in [6.07, 6.45) is 10.4. The minimum Gasteiger partial charge on any atom is -0.393 e. The number of aliphatic hydroxyl groups is 2. The number of allylic oxidation sites excluding steroid dienone is 2. The molecular weight excluding hydrogens is 408 g/mol. The van der Waals surface area contributed by atoms with E-state index in [2.05, 4.69) is 61.5 Å². The molecule has 0 spiro atoms. The first-order chi connectivity index (χ1) is 15.1. The van der Waals surface area contributed by atoms with Crippen LogP contribution in [0.4, 0.5) is 0 Å². The highest BCUT2D eigenvalue weighted by atomic mass is 16.3. The summed E-state index contributed by atoms with van der Waals surface area (Å²) in [6.45, 7) is 17.9. The molecule has 0 aromatic rings. The molecule has 0 bridgehead atoms. The fraction of sp³-hybridized carbons (Fsp3) is 0.900. The van der Waals surface area contributed by atoms with Gasteiger partial charge in [-0.05, 0) is 107 Å². The van der Waals surface area contributed by atoms with Crippen molar-refractivity contribution >= 4 is 5.78 Å². The van der Waals surface area contributed by atoms with Gasteiger partial charge < -0.3 is 10.2 Å². The van der Waals surface area contributed by atoms with Crippen LogP contribution in [0.3, 0.4) is 0 Å². The standard InChI is InChI=1S/C30H50O3/c1-19(2)10-9-15-29(7,33)21-13-17-28(6)20(21)11-12-22-27(5)16-14-24(31)26(3,4)23(27)18-25(32)30(22,28)8/h10,20-23,25,32-33H,9,11-18H2,1-8H3/t20-,21+,22-,23+,25+,27-,28-,29+,30+/m1/s1. The minimum absolute atomic E-state index is 0.0279. The molecule has 33 heavy (non-hydrogen) atoms. The van der Waals surface area contributed by atoms with E-state index in [0.717, 1.165) is 51.4 Å². The normalized spacial score (nSPS) is 48.3. The van der Waals surface area contributed by atoms with Gasteiger partial charge in [0.15, 0.2) is 0 Å². The van der Waals surface area contributed by atoms with Crippen molar-refractivity contribution in [3.05, 3.63) is 11.6 Å². The molecule has 9 atom stereocenters. The fourth-order valence-electron chi connectivity index (χ4n) is 10.1. The van der Waals surface area contributed by atoms with Crippen LogP contribution < -0.4 is 0 Å². The Morgan fingerprint density at radius 3 is 2.36 bits per heavy atom. The van der Waals surface area contributed by atoms with E-state index in [0.29, 0.717) is 30.0 Å². The Kier molecular flexibility index (Phi) is 6.10. The van der Waals surface area contributed by atoms with Gasteiger partial charge in [0.25, 0.3) is 0 Å². The summed E-state index contributed by atoms with van der Waals surface area (Å²) in [6, 6.07) is 0. The Bertz CT molecular complexity index is 820. The van der Waals surface area contributed by atoms with Crippen LogP contribution in [0, 0.1) is 45.3 Å². The van der Waals surface area contributed by atoms with E-state index in [1.54, 1.807) is 0 Å². The summed E-state index contributed by atoms with van der Waals surface area (Å²) in [7, 11) is 0. The average Bonchev–Trinajstić information content (AvgIpc) is 3.07. The van der Waals surface area contributed by atoms with Crippen LogP contribution in [-0.4, -0.2) is 27.7 Å². The first-order valence-electron chi connectivity index (χ1n) is 13.7. The largest absolute Gasteiger partial charge is 0.393 e. The average molecular weight is 459 g/mol. The van der Waals surface area contributed by atoms with Gasteiger partial charge in [0, 0.05) is 17.3 Å².